The molecular weight excluding hydrogens is 284 g/mol. The number of hydrogen-bond donors (Lipinski definition) is 3. The molecule has 2 aromatic carbocycles. The summed E-state index contributed by atoms with van der Waals surface area (Å²) in [5.74, 6) is 0.781. The fraction of sp³-hybridized carbons (Fsp3) is 0.312. The van der Waals surface area contributed by atoms with E-state index >= 15 is 0 Å². The van der Waals surface area contributed by atoms with E-state index in [1.807, 2.05) is 48.7 Å². The van der Waals surface area contributed by atoms with Crippen LogP contribution < -0.4 is 10.6 Å². The maximum absolute atomic E-state index is 12.1. The van der Waals surface area contributed by atoms with E-state index in [1.165, 1.54) is 0 Å². The Labute approximate surface area is 128 Å². The summed E-state index contributed by atoms with van der Waals surface area (Å²) in [7, 11) is 0. The Balaban J connectivity index is 2.07. The summed E-state index contributed by atoms with van der Waals surface area (Å²) in [4.78, 5) is 12.1. The van der Waals surface area contributed by atoms with Gasteiger partial charge in [-0.15, -0.1) is 0 Å². The van der Waals surface area contributed by atoms with Gasteiger partial charge in [0.2, 0.25) is 0 Å². The van der Waals surface area contributed by atoms with Crippen molar-refractivity contribution in [2.45, 2.75) is 12.5 Å². The normalized spacial score (nSPS) is 12.1. The number of rotatable bonds is 6. The smallest absolute Gasteiger partial charge is 0.319 e. The fourth-order valence-corrected chi connectivity index (χ4v) is 2.88. The standard InChI is InChI=1S/C16H20N2O2S/c1-21-11-13(9-10-19)17-16(20)18-15-8-4-6-12-5-2-3-7-14(12)15/h2-8,13,19H,9-11H2,1H3,(H2,17,18,20)/t13-/m0/s1. The molecule has 0 aliphatic rings. The van der Waals surface area contributed by atoms with Gasteiger partial charge in [0.15, 0.2) is 0 Å². The van der Waals surface area contributed by atoms with Crippen LogP contribution in [-0.4, -0.2) is 35.8 Å². The highest BCUT2D eigenvalue weighted by atomic mass is 32.2. The van der Waals surface area contributed by atoms with Gasteiger partial charge in [-0.05, 0) is 24.1 Å². The van der Waals surface area contributed by atoms with Crippen LogP contribution in [0.5, 0.6) is 0 Å². The van der Waals surface area contributed by atoms with Crippen molar-refractivity contribution >= 4 is 34.3 Å². The number of nitrogens with one attached hydrogen (secondary N) is 2. The Kier molecular flexibility index (Phi) is 5.90. The van der Waals surface area contributed by atoms with Crippen molar-refractivity contribution in [3.05, 3.63) is 42.5 Å². The number of urea groups is 1. The minimum atomic E-state index is -0.237. The van der Waals surface area contributed by atoms with Crippen molar-refractivity contribution < 1.29 is 9.90 Å². The van der Waals surface area contributed by atoms with E-state index in [0.29, 0.717) is 6.42 Å². The molecule has 0 aliphatic carbocycles. The molecule has 5 heteroatoms. The number of thioether (sulfide) groups is 1. The van der Waals surface area contributed by atoms with Gasteiger partial charge in [-0.3, -0.25) is 0 Å². The lowest BCUT2D eigenvalue weighted by Crippen LogP contribution is -2.40. The summed E-state index contributed by atoms with van der Waals surface area (Å²) in [6, 6.07) is 13.5. The molecule has 2 aromatic rings. The average molecular weight is 304 g/mol. The van der Waals surface area contributed by atoms with Crippen molar-refractivity contribution in [2.75, 3.05) is 23.9 Å². The highest BCUT2D eigenvalue weighted by Crippen LogP contribution is 2.22. The van der Waals surface area contributed by atoms with Crippen LogP contribution in [0.1, 0.15) is 6.42 Å². The molecule has 0 saturated heterocycles. The van der Waals surface area contributed by atoms with Gasteiger partial charge in [-0.25, -0.2) is 4.79 Å². The first-order chi connectivity index (χ1) is 10.2. The van der Waals surface area contributed by atoms with Crippen LogP contribution in [0.2, 0.25) is 0 Å². The Morgan fingerprint density at radius 2 is 2.00 bits per heavy atom. The van der Waals surface area contributed by atoms with Crippen LogP contribution in [0.4, 0.5) is 10.5 Å². The van der Waals surface area contributed by atoms with E-state index in [1.54, 1.807) is 11.8 Å². The molecule has 0 aliphatic heterocycles. The zero-order valence-corrected chi connectivity index (χ0v) is 12.8. The molecule has 0 radical (unpaired) electrons. The first kappa shape index (κ1) is 15.7. The Morgan fingerprint density at radius 3 is 2.76 bits per heavy atom. The number of benzene rings is 2. The molecule has 3 N–H and O–H groups in total. The Morgan fingerprint density at radius 1 is 1.24 bits per heavy atom. The molecule has 0 bridgehead atoms. The number of carbonyl (C=O) groups excluding carboxylic acids is 1. The van der Waals surface area contributed by atoms with Crippen LogP contribution in [0, 0.1) is 0 Å². The van der Waals surface area contributed by atoms with Gasteiger partial charge in [-0.1, -0.05) is 36.4 Å². The lowest BCUT2D eigenvalue weighted by atomic mass is 10.1. The first-order valence-corrected chi connectivity index (χ1v) is 8.29. The quantitative estimate of drug-likeness (QED) is 0.768. The lowest BCUT2D eigenvalue weighted by Gasteiger charge is -2.17. The second-order valence-corrected chi connectivity index (χ2v) is 5.70. The number of hydrogen-bond acceptors (Lipinski definition) is 3. The number of aliphatic hydroxyl groups excluding tert-OH is 1. The van der Waals surface area contributed by atoms with Crippen LogP contribution in [0.15, 0.2) is 42.5 Å². The van der Waals surface area contributed by atoms with Gasteiger partial charge in [0.25, 0.3) is 0 Å². The molecule has 2 amide bonds. The summed E-state index contributed by atoms with van der Waals surface area (Å²) in [6.07, 6.45) is 2.54. The number of amides is 2. The third kappa shape index (κ3) is 4.37. The van der Waals surface area contributed by atoms with E-state index in [4.69, 9.17) is 5.11 Å². The second-order valence-electron chi connectivity index (χ2n) is 4.79. The van der Waals surface area contributed by atoms with E-state index < -0.39 is 0 Å². The largest absolute Gasteiger partial charge is 0.396 e. The van der Waals surface area contributed by atoms with E-state index in [-0.39, 0.29) is 18.7 Å². The van der Waals surface area contributed by atoms with E-state index in [0.717, 1.165) is 22.2 Å². The monoisotopic (exact) mass is 304 g/mol. The summed E-state index contributed by atoms with van der Waals surface area (Å²) in [6.45, 7) is 0.0692. The molecular formula is C16H20N2O2S. The maximum atomic E-state index is 12.1. The molecule has 21 heavy (non-hydrogen) atoms. The Hall–Kier alpha value is -1.72. The van der Waals surface area contributed by atoms with Gasteiger partial charge in [0.05, 0.1) is 5.69 Å². The summed E-state index contributed by atoms with van der Waals surface area (Å²) in [5, 5.41) is 16.9. The predicted molar refractivity (Wildman–Crippen MR) is 90.0 cm³/mol. The van der Waals surface area contributed by atoms with Crippen LogP contribution in [0.25, 0.3) is 10.8 Å². The molecule has 0 aromatic heterocycles. The molecule has 0 unspecified atom stereocenters. The van der Waals surface area contributed by atoms with Crippen molar-refractivity contribution in [1.82, 2.24) is 5.32 Å². The summed E-state index contributed by atoms with van der Waals surface area (Å²) in [5.41, 5.74) is 0.789. The first-order valence-electron chi connectivity index (χ1n) is 6.89. The Bertz CT molecular complexity index is 592. The zero-order valence-electron chi connectivity index (χ0n) is 12.0. The van der Waals surface area contributed by atoms with E-state index in [9.17, 15) is 4.79 Å². The number of aliphatic hydroxyl groups is 1. The third-order valence-corrected chi connectivity index (χ3v) is 3.95. The number of fused-ring (bicyclic) bond motifs is 1. The highest BCUT2D eigenvalue weighted by molar-refractivity contribution is 7.98. The van der Waals surface area contributed by atoms with Crippen molar-refractivity contribution in [2.24, 2.45) is 0 Å². The van der Waals surface area contributed by atoms with Crippen LogP contribution >= 0.6 is 11.8 Å². The summed E-state index contributed by atoms with van der Waals surface area (Å²) < 4.78 is 0. The topological polar surface area (TPSA) is 61.4 Å². The maximum Gasteiger partial charge on any atom is 0.319 e. The van der Waals surface area contributed by atoms with Crippen LogP contribution in [-0.2, 0) is 0 Å². The number of carbonyl (C=O) groups is 1. The molecule has 0 heterocycles. The average Bonchev–Trinajstić information content (AvgIpc) is 2.48. The molecule has 0 fully saturated rings. The lowest BCUT2D eigenvalue weighted by molar-refractivity contribution is 0.241. The molecule has 0 saturated carbocycles. The van der Waals surface area contributed by atoms with Crippen molar-refractivity contribution in [3.8, 4) is 0 Å². The SMILES string of the molecule is CSC[C@H](CCO)NC(=O)Nc1cccc2ccccc12. The molecule has 112 valence electrons. The molecule has 0 spiro atoms. The minimum Gasteiger partial charge on any atom is -0.396 e. The van der Waals surface area contributed by atoms with Gasteiger partial charge in [0.1, 0.15) is 0 Å². The van der Waals surface area contributed by atoms with Crippen molar-refractivity contribution in [3.63, 3.8) is 0 Å². The minimum absolute atomic E-state index is 0.0278. The van der Waals surface area contributed by atoms with Gasteiger partial charge >= 0.3 is 6.03 Å². The van der Waals surface area contributed by atoms with Gasteiger partial charge in [0, 0.05) is 23.8 Å². The van der Waals surface area contributed by atoms with Crippen molar-refractivity contribution in [1.29, 1.82) is 0 Å². The van der Waals surface area contributed by atoms with Gasteiger partial charge < -0.3 is 15.7 Å². The van der Waals surface area contributed by atoms with Crippen LogP contribution in [0.3, 0.4) is 0 Å². The third-order valence-electron chi connectivity index (χ3n) is 3.22. The number of anilines is 1. The molecule has 1 atom stereocenters. The predicted octanol–water partition coefficient (Wildman–Crippen LogP) is 3.08. The van der Waals surface area contributed by atoms with E-state index in [2.05, 4.69) is 10.6 Å². The molecule has 2 rings (SSSR count). The fourth-order valence-electron chi connectivity index (χ4n) is 2.23. The second kappa shape index (κ2) is 7.90. The van der Waals surface area contributed by atoms with Gasteiger partial charge in [-0.2, -0.15) is 11.8 Å². The zero-order chi connectivity index (χ0) is 15.1. The summed E-state index contributed by atoms with van der Waals surface area (Å²) >= 11 is 1.65. The molecule has 4 nitrogen and oxygen atoms in total. The highest BCUT2D eigenvalue weighted by Gasteiger charge is 2.12.